The molecule has 0 bridgehead atoms. The van der Waals surface area contributed by atoms with Gasteiger partial charge in [0.2, 0.25) is 5.91 Å². The van der Waals surface area contributed by atoms with Gasteiger partial charge in [-0.3, -0.25) is 4.79 Å². The van der Waals surface area contributed by atoms with Gasteiger partial charge in [0.05, 0.1) is 0 Å². The van der Waals surface area contributed by atoms with Gasteiger partial charge in [0.25, 0.3) is 0 Å². The van der Waals surface area contributed by atoms with Crippen LogP contribution in [0.4, 0.5) is 0 Å². The second-order valence-corrected chi connectivity index (χ2v) is 3.45. The van der Waals surface area contributed by atoms with E-state index in [4.69, 9.17) is 5.11 Å². The summed E-state index contributed by atoms with van der Waals surface area (Å²) in [5.74, 6) is -1.28. The van der Waals surface area contributed by atoms with Crippen molar-refractivity contribution in [2.24, 2.45) is 0 Å². The number of hydrogen-bond donors (Lipinski definition) is 1. The summed E-state index contributed by atoms with van der Waals surface area (Å²) in [4.78, 5) is 23.7. The molecule has 0 aromatic rings. The molecular formula is C10H17NO3. The molecular weight excluding hydrogens is 182 g/mol. The maximum Gasteiger partial charge on any atom is 0.329 e. The number of allylic oxidation sites excluding steroid dienone is 1. The van der Waals surface area contributed by atoms with Crippen molar-refractivity contribution < 1.29 is 14.7 Å². The first-order valence-corrected chi connectivity index (χ1v) is 4.55. The van der Waals surface area contributed by atoms with Crippen molar-refractivity contribution in [1.29, 1.82) is 0 Å². The lowest BCUT2D eigenvalue weighted by molar-refractivity contribution is -0.154. The second kappa shape index (κ2) is 4.79. The zero-order chi connectivity index (χ0) is 11.4. The molecule has 80 valence electrons. The predicted octanol–water partition coefficient (Wildman–Crippen LogP) is 1.27. The number of carboxylic acids is 1. The first-order valence-electron chi connectivity index (χ1n) is 4.55. The normalized spacial score (nSPS) is 11.7. The molecule has 0 aromatic carbocycles. The van der Waals surface area contributed by atoms with Crippen LogP contribution in [0.2, 0.25) is 0 Å². The van der Waals surface area contributed by atoms with Gasteiger partial charge in [-0.05, 0) is 33.8 Å². The van der Waals surface area contributed by atoms with Crippen LogP contribution in [0.3, 0.4) is 0 Å². The fourth-order valence-corrected chi connectivity index (χ4v) is 1.17. The van der Waals surface area contributed by atoms with Gasteiger partial charge in [0, 0.05) is 6.54 Å². The highest BCUT2D eigenvalue weighted by Crippen LogP contribution is 2.14. The van der Waals surface area contributed by atoms with Crippen LogP contribution in [-0.2, 0) is 9.59 Å². The third-order valence-corrected chi connectivity index (χ3v) is 2.09. The Kier molecular flexibility index (Phi) is 4.34. The van der Waals surface area contributed by atoms with Crippen molar-refractivity contribution in [3.05, 3.63) is 12.2 Å². The second-order valence-electron chi connectivity index (χ2n) is 3.45. The topological polar surface area (TPSA) is 57.6 Å². The first kappa shape index (κ1) is 12.7. The molecule has 0 rings (SSSR count). The molecule has 0 aliphatic carbocycles. The summed E-state index contributed by atoms with van der Waals surface area (Å²) in [6.45, 7) is 6.88. The minimum absolute atomic E-state index is 0.276. The van der Waals surface area contributed by atoms with Gasteiger partial charge in [0.15, 0.2) is 0 Å². The molecule has 0 atom stereocenters. The van der Waals surface area contributed by atoms with Gasteiger partial charge >= 0.3 is 5.97 Å². The van der Waals surface area contributed by atoms with Crippen molar-refractivity contribution in [3.63, 3.8) is 0 Å². The fraction of sp³-hybridized carbons (Fsp3) is 0.600. The molecule has 0 aliphatic heterocycles. The SMILES string of the molecule is CC=CC(=O)N(CC)C(C)(C)C(=O)O. The van der Waals surface area contributed by atoms with E-state index in [0.717, 1.165) is 0 Å². The quantitative estimate of drug-likeness (QED) is 0.694. The predicted molar refractivity (Wildman–Crippen MR) is 53.9 cm³/mol. The molecule has 14 heavy (non-hydrogen) atoms. The third kappa shape index (κ3) is 2.58. The standard InChI is InChI=1S/C10H17NO3/c1-5-7-8(12)11(6-2)10(3,4)9(13)14/h5,7H,6H2,1-4H3,(H,13,14). The smallest absolute Gasteiger partial charge is 0.329 e. The largest absolute Gasteiger partial charge is 0.480 e. The fourth-order valence-electron chi connectivity index (χ4n) is 1.17. The number of likely N-dealkylation sites (N-methyl/N-ethyl adjacent to an activating group) is 1. The molecule has 0 unspecified atom stereocenters. The molecule has 0 saturated carbocycles. The number of aliphatic carboxylic acids is 1. The van der Waals surface area contributed by atoms with E-state index in [-0.39, 0.29) is 5.91 Å². The van der Waals surface area contributed by atoms with Gasteiger partial charge in [-0.1, -0.05) is 6.08 Å². The van der Waals surface area contributed by atoms with Crippen molar-refractivity contribution >= 4 is 11.9 Å². The van der Waals surface area contributed by atoms with Crippen LogP contribution < -0.4 is 0 Å². The lowest BCUT2D eigenvalue weighted by Gasteiger charge is -2.33. The minimum Gasteiger partial charge on any atom is -0.480 e. The lowest BCUT2D eigenvalue weighted by atomic mass is 10.0. The van der Waals surface area contributed by atoms with Gasteiger partial charge in [-0.25, -0.2) is 4.79 Å². The van der Waals surface area contributed by atoms with Crippen LogP contribution in [0.15, 0.2) is 12.2 Å². The highest BCUT2D eigenvalue weighted by molar-refractivity contribution is 5.92. The average Bonchev–Trinajstić information content (AvgIpc) is 2.04. The molecule has 0 heterocycles. The van der Waals surface area contributed by atoms with Gasteiger partial charge < -0.3 is 10.0 Å². The van der Waals surface area contributed by atoms with Crippen LogP contribution in [0.25, 0.3) is 0 Å². The van der Waals surface area contributed by atoms with Crippen LogP contribution in [0.1, 0.15) is 27.7 Å². The summed E-state index contributed by atoms with van der Waals surface area (Å²) in [5, 5.41) is 8.94. The summed E-state index contributed by atoms with van der Waals surface area (Å²) < 4.78 is 0. The molecule has 1 amide bonds. The molecule has 0 aromatic heterocycles. The number of carbonyl (C=O) groups excluding carboxylic acids is 1. The number of nitrogens with zero attached hydrogens (tertiary/aromatic N) is 1. The maximum atomic E-state index is 11.5. The lowest BCUT2D eigenvalue weighted by Crippen LogP contribution is -2.52. The van der Waals surface area contributed by atoms with E-state index >= 15 is 0 Å². The molecule has 4 nitrogen and oxygen atoms in total. The Hall–Kier alpha value is -1.32. The summed E-state index contributed by atoms with van der Waals surface area (Å²) in [6, 6.07) is 0. The van der Waals surface area contributed by atoms with Gasteiger partial charge in [0.1, 0.15) is 5.54 Å². The summed E-state index contributed by atoms with van der Waals surface area (Å²) in [5.41, 5.74) is -1.16. The average molecular weight is 199 g/mol. The van der Waals surface area contributed by atoms with Crippen LogP contribution >= 0.6 is 0 Å². The van der Waals surface area contributed by atoms with Crippen molar-refractivity contribution in [2.75, 3.05) is 6.54 Å². The molecule has 4 heteroatoms. The minimum atomic E-state index is -1.16. The molecule has 0 saturated heterocycles. The van der Waals surface area contributed by atoms with E-state index in [1.54, 1.807) is 19.9 Å². The third-order valence-electron chi connectivity index (χ3n) is 2.09. The Morgan fingerprint density at radius 2 is 1.93 bits per heavy atom. The molecule has 0 radical (unpaired) electrons. The van der Waals surface area contributed by atoms with E-state index in [1.807, 2.05) is 0 Å². The van der Waals surface area contributed by atoms with Crippen LogP contribution in [-0.4, -0.2) is 34.0 Å². The van der Waals surface area contributed by atoms with Gasteiger partial charge in [-0.15, -0.1) is 0 Å². The Morgan fingerprint density at radius 3 is 2.21 bits per heavy atom. The van der Waals surface area contributed by atoms with Crippen molar-refractivity contribution in [2.45, 2.75) is 33.2 Å². The molecule has 0 spiro atoms. The van der Waals surface area contributed by atoms with E-state index in [1.165, 1.54) is 24.8 Å². The van der Waals surface area contributed by atoms with E-state index in [9.17, 15) is 9.59 Å². The Morgan fingerprint density at radius 1 is 1.43 bits per heavy atom. The van der Waals surface area contributed by atoms with Crippen molar-refractivity contribution in [3.8, 4) is 0 Å². The monoisotopic (exact) mass is 199 g/mol. The Balaban J connectivity index is 4.89. The zero-order valence-electron chi connectivity index (χ0n) is 9.07. The summed E-state index contributed by atoms with van der Waals surface area (Å²) in [7, 11) is 0. The van der Waals surface area contributed by atoms with E-state index in [0.29, 0.717) is 6.54 Å². The number of amides is 1. The van der Waals surface area contributed by atoms with Crippen LogP contribution in [0.5, 0.6) is 0 Å². The number of hydrogen-bond acceptors (Lipinski definition) is 2. The number of carbonyl (C=O) groups is 2. The number of rotatable bonds is 4. The molecule has 1 N–H and O–H groups in total. The van der Waals surface area contributed by atoms with Crippen LogP contribution in [0, 0.1) is 0 Å². The molecule has 0 aliphatic rings. The first-order chi connectivity index (χ1) is 6.37. The summed E-state index contributed by atoms with van der Waals surface area (Å²) in [6.07, 6.45) is 2.97. The highest BCUT2D eigenvalue weighted by Gasteiger charge is 2.35. The van der Waals surface area contributed by atoms with E-state index in [2.05, 4.69) is 0 Å². The maximum absolute atomic E-state index is 11.5. The Labute approximate surface area is 84.2 Å². The molecule has 0 fully saturated rings. The summed E-state index contributed by atoms with van der Waals surface area (Å²) >= 11 is 0. The zero-order valence-corrected chi connectivity index (χ0v) is 9.07. The Bertz CT molecular complexity index is 256. The van der Waals surface area contributed by atoms with Gasteiger partial charge in [-0.2, -0.15) is 0 Å². The van der Waals surface area contributed by atoms with Crippen molar-refractivity contribution in [1.82, 2.24) is 4.90 Å². The van der Waals surface area contributed by atoms with E-state index < -0.39 is 11.5 Å². The highest BCUT2D eigenvalue weighted by atomic mass is 16.4. The number of carboxylic acid groups (broad SMARTS) is 1.